The summed E-state index contributed by atoms with van der Waals surface area (Å²) in [5, 5.41) is 0. The molecule has 1 aromatic carbocycles. The van der Waals surface area contributed by atoms with E-state index < -0.39 is 0 Å². The van der Waals surface area contributed by atoms with Gasteiger partial charge in [0.1, 0.15) is 5.82 Å². The van der Waals surface area contributed by atoms with E-state index in [1.165, 1.54) is 0 Å². The van der Waals surface area contributed by atoms with Crippen molar-refractivity contribution in [2.24, 2.45) is 5.84 Å². The summed E-state index contributed by atoms with van der Waals surface area (Å²) >= 11 is 0. The van der Waals surface area contributed by atoms with Gasteiger partial charge in [-0.1, -0.05) is 6.07 Å². The van der Waals surface area contributed by atoms with Crippen molar-refractivity contribution < 1.29 is 9.47 Å². The van der Waals surface area contributed by atoms with Crippen LogP contribution in [0.3, 0.4) is 0 Å². The molecule has 0 spiro atoms. The maximum Gasteiger partial charge on any atom is 0.171 e. The van der Waals surface area contributed by atoms with Gasteiger partial charge in [-0.2, -0.15) is 0 Å². The lowest BCUT2D eigenvalue weighted by Crippen LogP contribution is -2.12. The highest BCUT2D eigenvalue weighted by atomic mass is 16.5. The van der Waals surface area contributed by atoms with Gasteiger partial charge in [0.15, 0.2) is 17.3 Å². The monoisotopic (exact) mass is 274 g/mol. The number of methoxy groups -OCH3 is 2. The van der Waals surface area contributed by atoms with Crippen LogP contribution in [-0.2, 0) is 0 Å². The largest absolute Gasteiger partial charge is 0.493 e. The van der Waals surface area contributed by atoms with Crippen molar-refractivity contribution in [2.75, 3.05) is 19.6 Å². The summed E-state index contributed by atoms with van der Waals surface area (Å²) in [7, 11) is 3.18. The third-order valence-electron chi connectivity index (χ3n) is 3.17. The van der Waals surface area contributed by atoms with E-state index in [0.717, 1.165) is 16.8 Å². The number of nitrogens with two attached hydrogens (primary N) is 1. The summed E-state index contributed by atoms with van der Waals surface area (Å²) < 4.78 is 10.7. The number of hydrazine groups is 1. The first-order valence-corrected chi connectivity index (χ1v) is 6.15. The highest BCUT2D eigenvalue weighted by molar-refractivity contribution is 5.70. The highest BCUT2D eigenvalue weighted by Crippen LogP contribution is 2.36. The molecule has 0 unspecified atom stereocenters. The van der Waals surface area contributed by atoms with Crippen molar-refractivity contribution in [2.45, 2.75) is 13.8 Å². The van der Waals surface area contributed by atoms with Crippen molar-refractivity contribution in [1.29, 1.82) is 0 Å². The Labute approximate surface area is 117 Å². The summed E-state index contributed by atoms with van der Waals surface area (Å²) in [5.74, 6) is 7.86. The van der Waals surface area contributed by atoms with Gasteiger partial charge < -0.3 is 14.9 Å². The standard InChI is InChI=1S/C14H18N4O2/c1-8-9(2)16-14(17-13(8)18-15)10-6-5-7-11(19-3)12(10)20-4/h5-7H,15H2,1-4H3,(H,16,17,18). The van der Waals surface area contributed by atoms with Crippen molar-refractivity contribution in [3.05, 3.63) is 29.5 Å². The Morgan fingerprint density at radius 1 is 1.10 bits per heavy atom. The zero-order valence-electron chi connectivity index (χ0n) is 12.0. The van der Waals surface area contributed by atoms with Crippen LogP contribution in [0.1, 0.15) is 11.3 Å². The molecule has 0 aliphatic rings. The fourth-order valence-corrected chi connectivity index (χ4v) is 1.95. The number of aryl methyl sites for hydroxylation is 1. The fraction of sp³-hybridized carbons (Fsp3) is 0.286. The molecule has 6 nitrogen and oxygen atoms in total. The first kappa shape index (κ1) is 14.1. The van der Waals surface area contributed by atoms with Crippen LogP contribution in [0.25, 0.3) is 11.4 Å². The molecule has 106 valence electrons. The summed E-state index contributed by atoms with van der Waals surface area (Å²) in [6.45, 7) is 3.82. The van der Waals surface area contributed by atoms with Gasteiger partial charge >= 0.3 is 0 Å². The maximum atomic E-state index is 5.50. The van der Waals surface area contributed by atoms with E-state index in [1.807, 2.05) is 32.0 Å². The molecule has 0 saturated carbocycles. The van der Waals surface area contributed by atoms with E-state index in [4.69, 9.17) is 15.3 Å². The Kier molecular flexibility index (Phi) is 4.05. The van der Waals surface area contributed by atoms with Gasteiger partial charge in [0.05, 0.1) is 19.8 Å². The number of ether oxygens (including phenoxy) is 2. The average molecular weight is 274 g/mol. The molecule has 6 heteroatoms. The first-order valence-electron chi connectivity index (χ1n) is 6.15. The predicted octanol–water partition coefficient (Wildman–Crippen LogP) is 2.06. The molecule has 0 radical (unpaired) electrons. The molecular weight excluding hydrogens is 256 g/mol. The molecule has 0 amide bonds. The number of aromatic nitrogens is 2. The molecule has 0 saturated heterocycles. The second kappa shape index (κ2) is 5.75. The zero-order chi connectivity index (χ0) is 14.7. The summed E-state index contributed by atoms with van der Waals surface area (Å²) in [6.07, 6.45) is 0. The minimum absolute atomic E-state index is 0.539. The van der Waals surface area contributed by atoms with Crippen LogP contribution < -0.4 is 20.7 Å². The SMILES string of the molecule is COc1cccc(-c2nc(C)c(C)c(NN)n2)c1OC. The highest BCUT2D eigenvalue weighted by Gasteiger charge is 2.16. The Morgan fingerprint density at radius 2 is 1.85 bits per heavy atom. The average Bonchev–Trinajstić information content (AvgIpc) is 2.48. The van der Waals surface area contributed by atoms with Crippen molar-refractivity contribution >= 4 is 5.82 Å². The number of nitrogens with one attached hydrogen (secondary N) is 1. The molecule has 2 aromatic rings. The van der Waals surface area contributed by atoms with Crippen LogP contribution in [-0.4, -0.2) is 24.2 Å². The molecule has 0 atom stereocenters. The molecule has 1 heterocycles. The van der Waals surface area contributed by atoms with Crippen molar-refractivity contribution in [3.8, 4) is 22.9 Å². The van der Waals surface area contributed by atoms with Crippen molar-refractivity contribution in [1.82, 2.24) is 9.97 Å². The van der Waals surface area contributed by atoms with Gasteiger partial charge in [-0.15, -0.1) is 0 Å². The fourth-order valence-electron chi connectivity index (χ4n) is 1.95. The normalized spacial score (nSPS) is 10.2. The number of nitrogens with zero attached hydrogens (tertiary/aromatic N) is 2. The summed E-state index contributed by atoms with van der Waals surface area (Å²) in [5.41, 5.74) is 5.11. The van der Waals surface area contributed by atoms with E-state index in [2.05, 4.69) is 15.4 Å². The van der Waals surface area contributed by atoms with Crippen LogP contribution in [0, 0.1) is 13.8 Å². The second-order valence-electron chi connectivity index (χ2n) is 4.29. The topological polar surface area (TPSA) is 82.3 Å². The lowest BCUT2D eigenvalue weighted by molar-refractivity contribution is 0.356. The Morgan fingerprint density at radius 3 is 2.45 bits per heavy atom. The van der Waals surface area contributed by atoms with Gasteiger partial charge in [-0.05, 0) is 26.0 Å². The number of para-hydroxylation sites is 1. The number of anilines is 1. The van der Waals surface area contributed by atoms with E-state index >= 15 is 0 Å². The molecular formula is C14H18N4O2. The van der Waals surface area contributed by atoms with Crippen LogP contribution >= 0.6 is 0 Å². The number of hydrogen-bond donors (Lipinski definition) is 2. The van der Waals surface area contributed by atoms with Crippen LogP contribution in [0.4, 0.5) is 5.82 Å². The molecule has 0 bridgehead atoms. The van der Waals surface area contributed by atoms with Gasteiger partial charge in [-0.25, -0.2) is 15.8 Å². The molecule has 20 heavy (non-hydrogen) atoms. The van der Waals surface area contributed by atoms with Gasteiger partial charge in [0.2, 0.25) is 0 Å². The quantitative estimate of drug-likeness (QED) is 0.656. The number of benzene rings is 1. The van der Waals surface area contributed by atoms with Gasteiger partial charge in [-0.3, -0.25) is 0 Å². The van der Waals surface area contributed by atoms with E-state index in [1.54, 1.807) is 14.2 Å². The zero-order valence-corrected chi connectivity index (χ0v) is 12.0. The number of nitrogen functional groups attached to an aromatic ring is 1. The van der Waals surface area contributed by atoms with E-state index in [9.17, 15) is 0 Å². The Bertz CT molecular complexity index is 629. The minimum Gasteiger partial charge on any atom is -0.493 e. The third-order valence-corrected chi connectivity index (χ3v) is 3.17. The lowest BCUT2D eigenvalue weighted by atomic mass is 10.1. The summed E-state index contributed by atoms with van der Waals surface area (Å²) in [4.78, 5) is 8.92. The maximum absolute atomic E-state index is 5.50. The van der Waals surface area contributed by atoms with E-state index in [0.29, 0.717) is 23.1 Å². The molecule has 1 aromatic heterocycles. The molecule has 0 fully saturated rings. The Balaban J connectivity index is 2.65. The minimum atomic E-state index is 0.539. The predicted molar refractivity (Wildman–Crippen MR) is 77.9 cm³/mol. The smallest absolute Gasteiger partial charge is 0.171 e. The third kappa shape index (κ3) is 2.37. The molecule has 2 rings (SSSR count). The Hall–Kier alpha value is -2.34. The molecule has 3 N–H and O–H groups in total. The lowest BCUT2D eigenvalue weighted by Gasteiger charge is -2.14. The van der Waals surface area contributed by atoms with Crippen LogP contribution in [0.5, 0.6) is 11.5 Å². The molecule has 0 aliphatic heterocycles. The van der Waals surface area contributed by atoms with Gasteiger partial charge in [0, 0.05) is 11.3 Å². The van der Waals surface area contributed by atoms with E-state index in [-0.39, 0.29) is 0 Å². The second-order valence-corrected chi connectivity index (χ2v) is 4.29. The van der Waals surface area contributed by atoms with Crippen LogP contribution in [0.2, 0.25) is 0 Å². The first-order chi connectivity index (χ1) is 9.62. The van der Waals surface area contributed by atoms with Crippen molar-refractivity contribution in [3.63, 3.8) is 0 Å². The summed E-state index contributed by atoms with van der Waals surface area (Å²) in [6, 6.07) is 5.57. The number of hydrogen-bond acceptors (Lipinski definition) is 6. The van der Waals surface area contributed by atoms with Crippen LogP contribution in [0.15, 0.2) is 18.2 Å². The molecule has 0 aliphatic carbocycles. The number of rotatable bonds is 4. The van der Waals surface area contributed by atoms with Gasteiger partial charge in [0.25, 0.3) is 0 Å².